The molecule has 108 valence electrons. The van der Waals surface area contributed by atoms with Crippen LogP contribution in [-0.4, -0.2) is 22.5 Å². The van der Waals surface area contributed by atoms with E-state index in [-0.39, 0.29) is 6.61 Å². The lowest BCUT2D eigenvalue weighted by molar-refractivity contribution is 0.0552. The number of pyridine rings is 2. The predicted molar refractivity (Wildman–Crippen MR) is 85.5 cm³/mol. The highest BCUT2D eigenvalue weighted by atomic mass is 16.5. The molecule has 3 aromatic rings. The first-order valence-electron chi connectivity index (χ1n) is 6.89. The second-order valence-corrected chi connectivity index (χ2v) is 4.67. The molecule has 0 aliphatic rings. The summed E-state index contributed by atoms with van der Waals surface area (Å²) >= 11 is 0. The standard InChI is InChI=1S/C18H14N2O2/c1-2-11-22-18(21)14-12-17(16-9-5-6-10-19-16)20-15-8-4-3-7-13(14)15/h2-10,12H,1,11H2. The van der Waals surface area contributed by atoms with Crippen LogP contribution in [0.15, 0.2) is 67.4 Å². The maximum Gasteiger partial charge on any atom is 0.339 e. The third-order valence-electron chi connectivity index (χ3n) is 3.20. The van der Waals surface area contributed by atoms with E-state index in [2.05, 4.69) is 16.5 Å². The van der Waals surface area contributed by atoms with Gasteiger partial charge in [0.1, 0.15) is 6.61 Å². The van der Waals surface area contributed by atoms with Gasteiger partial charge in [0.15, 0.2) is 0 Å². The van der Waals surface area contributed by atoms with Gasteiger partial charge in [0, 0.05) is 11.6 Å². The molecule has 22 heavy (non-hydrogen) atoms. The molecular weight excluding hydrogens is 276 g/mol. The Morgan fingerprint density at radius 1 is 1.14 bits per heavy atom. The fourth-order valence-corrected chi connectivity index (χ4v) is 2.20. The molecule has 0 saturated carbocycles. The van der Waals surface area contributed by atoms with E-state index in [1.165, 1.54) is 0 Å². The Labute approximate surface area is 128 Å². The number of para-hydroxylation sites is 1. The topological polar surface area (TPSA) is 52.1 Å². The fourth-order valence-electron chi connectivity index (χ4n) is 2.20. The van der Waals surface area contributed by atoms with Crippen LogP contribution in [-0.2, 0) is 4.74 Å². The van der Waals surface area contributed by atoms with Crippen molar-refractivity contribution in [2.45, 2.75) is 0 Å². The Morgan fingerprint density at radius 2 is 1.95 bits per heavy atom. The van der Waals surface area contributed by atoms with Gasteiger partial charge in [-0.2, -0.15) is 0 Å². The molecule has 0 bridgehead atoms. The van der Waals surface area contributed by atoms with Gasteiger partial charge in [-0.15, -0.1) is 0 Å². The van der Waals surface area contributed by atoms with Gasteiger partial charge in [-0.1, -0.05) is 36.9 Å². The van der Waals surface area contributed by atoms with Gasteiger partial charge in [0.05, 0.1) is 22.5 Å². The summed E-state index contributed by atoms with van der Waals surface area (Å²) in [6.45, 7) is 3.73. The number of esters is 1. The van der Waals surface area contributed by atoms with E-state index in [0.29, 0.717) is 17.0 Å². The van der Waals surface area contributed by atoms with Crippen molar-refractivity contribution in [1.29, 1.82) is 0 Å². The number of hydrogen-bond acceptors (Lipinski definition) is 4. The lowest BCUT2D eigenvalue weighted by Gasteiger charge is -2.08. The minimum absolute atomic E-state index is 0.175. The van der Waals surface area contributed by atoms with E-state index in [9.17, 15) is 4.79 Å². The van der Waals surface area contributed by atoms with Crippen molar-refractivity contribution in [3.63, 3.8) is 0 Å². The smallest absolute Gasteiger partial charge is 0.339 e. The second-order valence-electron chi connectivity index (χ2n) is 4.67. The van der Waals surface area contributed by atoms with Gasteiger partial charge in [-0.25, -0.2) is 9.78 Å². The van der Waals surface area contributed by atoms with Crippen molar-refractivity contribution in [2.75, 3.05) is 6.61 Å². The van der Waals surface area contributed by atoms with Crippen LogP contribution in [0, 0.1) is 0 Å². The molecule has 0 amide bonds. The fraction of sp³-hybridized carbons (Fsp3) is 0.0556. The summed E-state index contributed by atoms with van der Waals surface area (Å²) in [5.74, 6) is -0.393. The number of aromatic nitrogens is 2. The van der Waals surface area contributed by atoms with Crippen molar-refractivity contribution in [3.05, 3.63) is 72.9 Å². The molecule has 0 radical (unpaired) electrons. The Kier molecular flexibility index (Phi) is 3.92. The summed E-state index contributed by atoms with van der Waals surface area (Å²) in [4.78, 5) is 21.1. The first-order chi connectivity index (χ1) is 10.8. The largest absolute Gasteiger partial charge is 0.458 e. The van der Waals surface area contributed by atoms with Crippen LogP contribution in [0.25, 0.3) is 22.3 Å². The number of hydrogen-bond donors (Lipinski definition) is 0. The average molecular weight is 290 g/mol. The Balaban J connectivity index is 2.16. The van der Waals surface area contributed by atoms with Crippen molar-refractivity contribution in [3.8, 4) is 11.4 Å². The lowest BCUT2D eigenvalue weighted by atomic mass is 10.1. The van der Waals surface area contributed by atoms with E-state index in [1.807, 2.05) is 42.5 Å². The number of rotatable bonds is 4. The molecule has 0 atom stereocenters. The highest BCUT2D eigenvalue weighted by molar-refractivity contribution is 6.04. The minimum atomic E-state index is -0.393. The average Bonchev–Trinajstić information content (AvgIpc) is 2.59. The molecular formula is C18H14N2O2. The molecule has 2 heterocycles. The van der Waals surface area contributed by atoms with E-state index in [1.54, 1.807) is 18.3 Å². The summed E-state index contributed by atoms with van der Waals surface area (Å²) in [5, 5.41) is 0.760. The molecule has 0 N–H and O–H groups in total. The van der Waals surface area contributed by atoms with Crippen LogP contribution in [0.2, 0.25) is 0 Å². The first kappa shape index (κ1) is 13.9. The van der Waals surface area contributed by atoms with E-state index < -0.39 is 5.97 Å². The van der Waals surface area contributed by atoms with Crippen LogP contribution < -0.4 is 0 Å². The molecule has 0 saturated heterocycles. The van der Waals surface area contributed by atoms with Crippen LogP contribution in [0.1, 0.15) is 10.4 Å². The molecule has 1 aromatic carbocycles. The van der Waals surface area contributed by atoms with E-state index in [4.69, 9.17) is 4.74 Å². The lowest BCUT2D eigenvalue weighted by Crippen LogP contribution is -2.07. The molecule has 0 spiro atoms. The number of carbonyl (C=O) groups is 1. The van der Waals surface area contributed by atoms with Gasteiger partial charge in [-0.3, -0.25) is 4.98 Å². The van der Waals surface area contributed by atoms with E-state index in [0.717, 1.165) is 10.9 Å². The highest BCUT2D eigenvalue weighted by Gasteiger charge is 2.15. The van der Waals surface area contributed by atoms with Crippen LogP contribution >= 0.6 is 0 Å². The predicted octanol–water partition coefficient (Wildman–Crippen LogP) is 3.64. The molecule has 4 nitrogen and oxygen atoms in total. The normalized spacial score (nSPS) is 10.4. The Morgan fingerprint density at radius 3 is 2.73 bits per heavy atom. The van der Waals surface area contributed by atoms with Gasteiger partial charge in [0.25, 0.3) is 0 Å². The summed E-state index contributed by atoms with van der Waals surface area (Å²) < 4.78 is 5.17. The zero-order valence-corrected chi connectivity index (χ0v) is 11.9. The zero-order chi connectivity index (χ0) is 15.4. The van der Waals surface area contributed by atoms with Gasteiger partial charge in [-0.05, 0) is 24.3 Å². The van der Waals surface area contributed by atoms with Crippen LogP contribution in [0.3, 0.4) is 0 Å². The quantitative estimate of drug-likeness (QED) is 0.544. The Bertz CT molecular complexity index is 829. The number of nitrogens with zero attached hydrogens (tertiary/aromatic N) is 2. The molecule has 0 aliphatic heterocycles. The van der Waals surface area contributed by atoms with Crippen molar-refractivity contribution in [2.24, 2.45) is 0 Å². The number of benzene rings is 1. The van der Waals surface area contributed by atoms with E-state index >= 15 is 0 Å². The molecule has 0 unspecified atom stereocenters. The molecule has 0 fully saturated rings. The highest BCUT2D eigenvalue weighted by Crippen LogP contribution is 2.24. The minimum Gasteiger partial charge on any atom is -0.458 e. The maximum absolute atomic E-state index is 12.3. The van der Waals surface area contributed by atoms with Gasteiger partial charge < -0.3 is 4.74 Å². The maximum atomic E-state index is 12.3. The van der Waals surface area contributed by atoms with Crippen molar-refractivity contribution in [1.82, 2.24) is 9.97 Å². The number of carbonyl (C=O) groups excluding carboxylic acids is 1. The summed E-state index contributed by atoms with van der Waals surface area (Å²) in [6, 6.07) is 14.8. The number of ether oxygens (including phenoxy) is 1. The first-order valence-corrected chi connectivity index (χ1v) is 6.89. The third kappa shape index (κ3) is 2.72. The summed E-state index contributed by atoms with van der Waals surface area (Å²) in [7, 11) is 0. The third-order valence-corrected chi connectivity index (χ3v) is 3.20. The second kappa shape index (κ2) is 6.18. The molecule has 4 heteroatoms. The Hall–Kier alpha value is -3.01. The van der Waals surface area contributed by atoms with Crippen molar-refractivity contribution < 1.29 is 9.53 Å². The molecule has 2 aromatic heterocycles. The summed E-state index contributed by atoms with van der Waals surface area (Å²) in [6.07, 6.45) is 3.24. The van der Waals surface area contributed by atoms with Crippen LogP contribution in [0.4, 0.5) is 0 Å². The van der Waals surface area contributed by atoms with Crippen LogP contribution in [0.5, 0.6) is 0 Å². The van der Waals surface area contributed by atoms with Gasteiger partial charge >= 0.3 is 5.97 Å². The monoisotopic (exact) mass is 290 g/mol. The molecule has 3 rings (SSSR count). The van der Waals surface area contributed by atoms with Gasteiger partial charge in [0.2, 0.25) is 0 Å². The SMILES string of the molecule is C=CCOC(=O)c1cc(-c2ccccn2)nc2ccccc12. The van der Waals surface area contributed by atoms with Crippen molar-refractivity contribution >= 4 is 16.9 Å². The zero-order valence-electron chi connectivity index (χ0n) is 11.9. The number of fused-ring (bicyclic) bond motifs is 1. The summed E-state index contributed by atoms with van der Waals surface area (Å²) in [5.41, 5.74) is 2.57. The molecule has 0 aliphatic carbocycles.